The molecule has 110 valence electrons. The summed E-state index contributed by atoms with van der Waals surface area (Å²) >= 11 is 0. The predicted octanol–water partition coefficient (Wildman–Crippen LogP) is 2.79. The molecule has 2 aliphatic rings. The Balaban J connectivity index is 1.88. The molecule has 2 atom stereocenters. The molecular formula is C16H30N2O. The van der Waals surface area contributed by atoms with Crippen LogP contribution in [0.25, 0.3) is 0 Å². The van der Waals surface area contributed by atoms with Gasteiger partial charge in [-0.1, -0.05) is 46.5 Å². The maximum Gasteiger partial charge on any atom is 0.225 e. The van der Waals surface area contributed by atoms with E-state index in [-0.39, 0.29) is 17.4 Å². The van der Waals surface area contributed by atoms with Gasteiger partial charge in [-0.15, -0.1) is 0 Å². The first-order valence-electron chi connectivity index (χ1n) is 7.94. The quantitative estimate of drug-likeness (QED) is 0.854. The summed E-state index contributed by atoms with van der Waals surface area (Å²) in [7, 11) is 0. The van der Waals surface area contributed by atoms with Gasteiger partial charge in [-0.05, 0) is 24.2 Å². The van der Waals surface area contributed by atoms with Crippen LogP contribution in [0.5, 0.6) is 0 Å². The molecule has 19 heavy (non-hydrogen) atoms. The summed E-state index contributed by atoms with van der Waals surface area (Å²) in [5, 5.41) is 0. The van der Waals surface area contributed by atoms with E-state index in [1.165, 1.54) is 25.7 Å². The minimum absolute atomic E-state index is 0.0565. The monoisotopic (exact) mass is 266 g/mol. The molecule has 0 radical (unpaired) electrons. The summed E-state index contributed by atoms with van der Waals surface area (Å²) < 4.78 is 0. The fourth-order valence-corrected chi connectivity index (χ4v) is 3.72. The van der Waals surface area contributed by atoms with Crippen LogP contribution in [0.3, 0.4) is 0 Å². The van der Waals surface area contributed by atoms with E-state index in [9.17, 15) is 4.79 Å². The Kier molecular flexibility index (Phi) is 4.54. The molecule has 2 N–H and O–H groups in total. The van der Waals surface area contributed by atoms with E-state index in [2.05, 4.69) is 25.7 Å². The van der Waals surface area contributed by atoms with Gasteiger partial charge >= 0.3 is 0 Å². The Hall–Kier alpha value is -0.570. The van der Waals surface area contributed by atoms with Gasteiger partial charge in [0.1, 0.15) is 0 Å². The Morgan fingerprint density at radius 2 is 1.95 bits per heavy atom. The molecule has 2 unspecified atom stereocenters. The van der Waals surface area contributed by atoms with Crippen molar-refractivity contribution in [1.82, 2.24) is 4.90 Å². The lowest BCUT2D eigenvalue weighted by molar-refractivity contribution is -0.139. The topological polar surface area (TPSA) is 46.3 Å². The summed E-state index contributed by atoms with van der Waals surface area (Å²) in [6.07, 6.45) is 7.40. The number of nitrogens with two attached hydrogens (primary N) is 1. The van der Waals surface area contributed by atoms with Crippen molar-refractivity contribution in [1.29, 1.82) is 0 Å². The third-order valence-corrected chi connectivity index (χ3v) is 5.21. The average molecular weight is 266 g/mol. The molecule has 2 fully saturated rings. The largest absolute Gasteiger partial charge is 0.342 e. The fraction of sp³-hybridized carbons (Fsp3) is 0.938. The Bertz CT molecular complexity index is 321. The van der Waals surface area contributed by atoms with Crippen LogP contribution in [-0.4, -0.2) is 29.9 Å². The molecule has 1 heterocycles. The van der Waals surface area contributed by atoms with Crippen molar-refractivity contribution in [2.45, 2.75) is 65.3 Å². The zero-order valence-corrected chi connectivity index (χ0v) is 12.8. The molecule has 2 rings (SSSR count). The van der Waals surface area contributed by atoms with Gasteiger partial charge in [0, 0.05) is 25.0 Å². The van der Waals surface area contributed by atoms with Crippen LogP contribution >= 0.6 is 0 Å². The van der Waals surface area contributed by atoms with Crippen LogP contribution < -0.4 is 5.73 Å². The Morgan fingerprint density at radius 1 is 1.32 bits per heavy atom. The second-order valence-electron chi connectivity index (χ2n) is 7.43. The van der Waals surface area contributed by atoms with Gasteiger partial charge in [0.15, 0.2) is 0 Å². The Labute approximate surface area is 117 Å². The highest BCUT2D eigenvalue weighted by Crippen LogP contribution is 2.32. The van der Waals surface area contributed by atoms with Gasteiger partial charge in [0.2, 0.25) is 5.91 Å². The average Bonchev–Trinajstić information content (AvgIpc) is 2.84. The molecule has 3 heteroatoms. The highest BCUT2D eigenvalue weighted by Gasteiger charge is 2.36. The van der Waals surface area contributed by atoms with E-state index in [1.807, 2.05) is 0 Å². The summed E-state index contributed by atoms with van der Waals surface area (Å²) in [5.41, 5.74) is 6.20. The maximum absolute atomic E-state index is 12.6. The van der Waals surface area contributed by atoms with Gasteiger partial charge in [-0.25, -0.2) is 0 Å². The molecule has 0 aromatic carbocycles. The summed E-state index contributed by atoms with van der Waals surface area (Å²) in [4.78, 5) is 14.6. The molecular weight excluding hydrogens is 236 g/mol. The van der Waals surface area contributed by atoms with Gasteiger partial charge in [0.25, 0.3) is 0 Å². The third-order valence-electron chi connectivity index (χ3n) is 5.21. The van der Waals surface area contributed by atoms with Crippen molar-refractivity contribution in [3.8, 4) is 0 Å². The predicted molar refractivity (Wildman–Crippen MR) is 78.7 cm³/mol. The molecule has 1 aliphatic heterocycles. The van der Waals surface area contributed by atoms with E-state index in [1.54, 1.807) is 0 Å². The lowest BCUT2D eigenvalue weighted by Gasteiger charge is -2.43. The first-order chi connectivity index (χ1) is 8.90. The fourth-order valence-electron chi connectivity index (χ4n) is 3.72. The number of hydrogen-bond donors (Lipinski definition) is 1. The first-order valence-corrected chi connectivity index (χ1v) is 7.94. The lowest BCUT2D eigenvalue weighted by Crippen LogP contribution is -2.54. The molecule has 1 aliphatic carbocycles. The number of piperidine rings is 1. The number of likely N-dealkylation sites (tertiary alicyclic amines) is 1. The van der Waals surface area contributed by atoms with E-state index < -0.39 is 0 Å². The second kappa shape index (κ2) is 5.82. The Morgan fingerprint density at radius 3 is 2.53 bits per heavy atom. The molecule has 1 amide bonds. The van der Waals surface area contributed by atoms with Crippen molar-refractivity contribution in [2.24, 2.45) is 23.0 Å². The first kappa shape index (κ1) is 14.8. The minimum atomic E-state index is 0.0565. The number of amides is 1. The van der Waals surface area contributed by atoms with Gasteiger partial charge < -0.3 is 10.6 Å². The molecule has 3 nitrogen and oxygen atoms in total. The summed E-state index contributed by atoms with van der Waals surface area (Å²) in [6.45, 7) is 8.14. The van der Waals surface area contributed by atoms with Crippen molar-refractivity contribution in [3.63, 3.8) is 0 Å². The normalized spacial score (nSPS) is 29.5. The standard InChI is InChI=1S/C16H30N2O/c1-12(10-13-6-4-5-7-13)15(19)18-9-8-14(17)16(2,3)11-18/h12-14H,4-11,17H2,1-3H3. The molecule has 0 spiro atoms. The van der Waals surface area contributed by atoms with Crippen molar-refractivity contribution in [2.75, 3.05) is 13.1 Å². The van der Waals surface area contributed by atoms with Crippen molar-refractivity contribution < 1.29 is 4.79 Å². The van der Waals surface area contributed by atoms with Gasteiger partial charge in [0.05, 0.1) is 0 Å². The zero-order chi connectivity index (χ0) is 14.0. The molecule has 0 bridgehead atoms. The van der Waals surface area contributed by atoms with Crippen LogP contribution in [0, 0.1) is 17.3 Å². The number of hydrogen-bond acceptors (Lipinski definition) is 2. The van der Waals surface area contributed by atoms with Crippen LogP contribution in [-0.2, 0) is 4.79 Å². The van der Waals surface area contributed by atoms with E-state index >= 15 is 0 Å². The van der Waals surface area contributed by atoms with E-state index in [4.69, 9.17) is 5.73 Å². The highest BCUT2D eigenvalue weighted by molar-refractivity contribution is 5.78. The smallest absolute Gasteiger partial charge is 0.225 e. The van der Waals surface area contributed by atoms with Crippen molar-refractivity contribution >= 4 is 5.91 Å². The van der Waals surface area contributed by atoms with Gasteiger partial charge in [-0.2, -0.15) is 0 Å². The number of nitrogens with zero attached hydrogens (tertiary/aromatic N) is 1. The lowest BCUT2D eigenvalue weighted by atomic mass is 9.79. The summed E-state index contributed by atoms with van der Waals surface area (Å²) in [6, 6.07) is 0.224. The van der Waals surface area contributed by atoms with Crippen LogP contribution in [0.15, 0.2) is 0 Å². The summed E-state index contributed by atoms with van der Waals surface area (Å²) in [5.74, 6) is 1.33. The molecule has 0 aromatic rings. The zero-order valence-electron chi connectivity index (χ0n) is 12.8. The molecule has 0 aromatic heterocycles. The van der Waals surface area contributed by atoms with Crippen molar-refractivity contribution in [3.05, 3.63) is 0 Å². The number of rotatable bonds is 3. The van der Waals surface area contributed by atoms with E-state index in [0.29, 0.717) is 5.91 Å². The molecule has 1 saturated carbocycles. The SMILES string of the molecule is CC(CC1CCCC1)C(=O)N1CCC(N)C(C)(C)C1. The maximum atomic E-state index is 12.6. The highest BCUT2D eigenvalue weighted by atomic mass is 16.2. The van der Waals surface area contributed by atoms with Crippen LogP contribution in [0.1, 0.15) is 59.3 Å². The van der Waals surface area contributed by atoms with Crippen LogP contribution in [0.4, 0.5) is 0 Å². The minimum Gasteiger partial charge on any atom is -0.342 e. The van der Waals surface area contributed by atoms with E-state index in [0.717, 1.165) is 31.8 Å². The number of carbonyl (C=O) groups excluding carboxylic acids is 1. The third kappa shape index (κ3) is 3.50. The number of carbonyl (C=O) groups is 1. The van der Waals surface area contributed by atoms with Crippen LogP contribution in [0.2, 0.25) is 0 Å². The molecule has 1 saturated heterocycles. The second-order valence-corrected chi connectivity index (χ2v) is 7.43. The van der Waals surface area contributed by atoms with Gasteiger partial charge in [-0.3, -0.25) is 4.79 Å².